The van der Waals surface area contributed by atoms with Crippen LogP contribution in [0.3, 0.4) is 0 Å². The molecule has 130 valence electrons. The Labute approximate surface area is 146 Å². The standard InChI is InChI=1S/C19H21N3O3/c1-11-18(12(2)25-21-11)20-19(24)15-9-17(23)22(10-15)16-7-6-13-4-3-5-14(13)8-16/h6-8,15H,3-5,9-10H2,1-2H3,(H,20,24)/t15-/m1/s1. The van der Waals surface area contributed by atoms with Crippen LogP contribution in [0.2, 0.25) is 0 Å². The van der Waals surface area contributed by atoms with E-state index in [0.29, 0.717) is 23.7 Å². The van der Waals surface area contributed by atoms with Crippen LogP contribution in [0.5, 0.6) is 0 Å². The van der Waals surface area contributed by atoms with Gasteiger partial charge in [-0.05, 0) is 56.4 Å². The van der Waals surface area contributed by atoms with Crippen molar-refractivity contribution in [3.8, 4) is 0 Å². The predicted molar refractivity (Wildman–Crippen MR) is 93.5 cm³/mol. The van der Waals surface area contributed by atoms with E-state index >= 15 is 0 Å². The van der Waals surface area contributed by atoms with Gasteiger partial charge in [-0.3, -0.25) is 9.59 Å². The Morgan fingerprint density at radius 3 is 2.84 bits per heavy atom. The van der Waals surface area contributed by atoms with Crippen molar-refractivity contribution in [2.24, 2.45) is 5.92 Å². The maximum absolute atomic E-state index is 12.6. The fraction of sp³-hybridized carbons (Fsp3) is 0.421. The van der Waals surface area contributed by atoms with Crippen LogP contribution < -0.4 is 10.2 Å². The minimum Gasteiger partial charge on any atom is -0.359 e. The molecule has 25 heavy (non-hydrogen) atoms. The highest BCUT2D eigenvalue weighted by molar-refractivity contribution is 6.03. The Bertz CT molecular complexity index is 836. The number of benzene rings is 1. The molecule has 1 aromatic carbocycles. The summed E-state index contributed by atoms with van der Waals surface area (Å²) in [5.41, 5.74) is 4.86. The minimum absolute atomic E-state index is 0.00291. The lowest BCUT2D eigenvalue weighted by Gasteiger charge is -2.18. The van der Waals surface area contributed by atoms with Gasteiger partial charge in [0, 0.05) is 18.7 Å². The van der Waals surface area contributed by atoms with Crippen molar-refractivity contribution in [1.29, 1.82) is 0 Å². The topological polar surface area (TPSA) is 75.4 Å². The molecule has 2 heterocycles. The molecular formula is C19H21N3O3. The van der Waals surface area contributed by atoms with E-state index < -0.39 is 0 Å². The second-order valence-corrected chi connectivity index (χ2v) is 6.90. The molecule has 2 amide bonds. The molecule has 2 aromatic rings. The zero-order chi connectivity index (χ0) is 17.6. The number of nitrogens with zero attached hydrogens (tertiary/aromatic N) is 2. The Hall–Kier alpha value is -2.63. The summed E-state index contributed by atoms with van der Waals surface area (Å²) in [5.74, 6) is 0.0448. The van der Waals surface area contributed by atoms with Crippen LogP contribution in [-0.4, -0.2) is 23.5 Å². The smallest absolute Gasteiger partial charge is 0.229 e. The molecule has 2 aliphatic rings. The molecule has 0 saturated carbocycles. The lowest BCUT2D eigenvalue weighted by atomic mass is 10.1. The Balaban J connectivity index is 1.49. The van der Waals surface area contributed by atoms with E-state index in [2.05, 4.69) is 22.6 Å². The van der Waals surface area contributed by atoms with Crippen LogP contribution >= 0.6 is 0 Å². The number of carbonyl (C=O) groups is 2. The van der Waals surface area contributed by atoms with Gasteiger partial charge in [-0.1, -0.05) is 11.2 Å². The number of amides is 2. The fourth-order valence-corrected chi connectivity index (χ4v) is 3.75. The van der Waals surface area contributed by atoms with E-state index in [1.807, 2.05) is 6.07 Å². The molecule has 0 bridgehead atoms. The zero-order valence-electron chi connectivity index (χ0n) is 14.5. The van der Waals surface area contributed by atoms with E-state index in [9.17, 15) is 9.59 Å². The van der Waals surface area contributed by atoms with E-state index in [1.54, 1.807) is 18.7 Å². The minimum atomic E-state index is -0.366. The van der Waals surface area contributed by atoms with Crippen LogP contribution in [0.4, 0.5) is 11.4 Å². The SMILES string of the molecule is Cc1noc(C)c1NC(=O)[C@@H]1CC(=O)N(c2ccc3c(c2)CCC3)C1. The molecular weight excluding hydrogens is 318 g/mol. The second kappa shape index (κ2) is 6.02. The summed E-state index contributed by atoms with van der Waals surface area (Å²) in [6, 6.07) is 6.22. The van der Waals surface area contributed by atoms with Gasteiger partial charge in [0.25, 0.3) is 0 Å². The molecule has 1 atom stereocenters. The number of aromatic nitrogens is 1. The third-order valence-corrected chi connectivity index (χ3v) is 5.17. The highest BCUT2D eigenvalue weighted by atomic mass is 16.5. The van der Waals surface area contributed by atoms with Gasteiger partial charge in [0.15, 0.2) is 5.76 Å². The number of nitrogens with one attached hydrogen (secondary N) is 1. The zero-order valence-corrected chi connectivity index (χ0v) is 14.5. The van der Waals surface area contributed by atoms with Crippen molar-refractivity contribution >= 4 is 23.2 Å². The van der Waals surface area contributed by atoms with Gasteiger partial charge < -0.3 is 14.7 Å². The second-order valence-electron chi connectivity index (χ2n) is 6.90. The van der Waals surface area contributed by atoms with Gasteiger partial charge in [-0.25, -0.2) is 0 Å². The molecule has 6 nitrogen and oxygen atoms in total. The third kappa shape index (κ3) is 2.81. The van der Waals surface area contributed by atoms with Crippen LogP contribution in [0.25, 0.3) is 0 Å². The number of anilines is 2. The first-order chi connectivity index (χ1) is 12.0. The highest BCUT2D eigenvalue weighted by Gasteiger charge is 2.36. The van der Waals surface area contributed by atoms with Crippen LogP contribution in [0.1, 0.15) is 35.4 Å². The van der Waals surface area contributed by atoms with Gasteiger partial charge in [-0.15, -0.1) is 0 Å². The molecule has 0 radical (unpaired) electrons. The van der Waals surface area contributed by atoms with Crippen LogP contribution in [-0.2, 0) is 22.4 Å². The molecule has 1 aliphatic carbocycles. The lowest BCUT2D eigenvalue weighted by Crippen LogP contribution is -2.28. The van der Waals surface area contributed by atoms with E-state index in [-0.39, 0.29) is 24.2 Å². The molecule has 1 saturated heterocycles. The fourth-order valence-electron chi connectivity index (χ4n) is 3.75. The molecule has 1 aromatic heterocycles. The summed E-state index contributed by atoms with van der Waals surface area (Å²) in [6.07, 6.45) is 3.59. The number of hydrogen-bond acceptors (Lipinski definition) is 4. The summed E-state index contributed by atoms with van der Waals surface area (Å²) < 4.78 is 5.07. The maximum Gasteiger partial charge on any atom is 0.229 e. The normalized spacial score (nSPS) is 19.4. The number of rotatable bonds is 3. The third-order valence-electron chi connectivity index (χ3n) is 5.17. The van der Waals surface area contributed by atoms with Crippen molar-refractivity contribution in [3.63, 3.8) is 0 Å². The Morgan fingerprint density at radius 2 is 2.08 bits per heavy atom. The number of aryl methyl sites for hydroxylation is 4. The molecule has 0 spiro atoms. The van der Waals surface area contributed by atoms with Crippen molar-refractivity contribution in [3.05, 3.63) is 40.8 Å². The number of hydrogen-bond donors (Lipinski definition) is 1. The lowest BCUT2D eigenvalue weighted by molar-refractivity contribution is -0.122. The summed E-state index contributed by atoms with van der Waals surface area (Å²) in [6.45, 7) is 3.95. The largest absolute Gasteiger partial charge is 0.359 e. The molecule has 1 N–H and O–H groups in total. The number of fused-ring (bicyclic) bond motifs is 1. The first-order valence-corrected chi connectivity index (χ1v) is 8.69. The Kier molecular flexibility index (Phi) is 3.82. The quantitative estimate of drug-likeness (QED) is 0.933. The van der Waals surface area contributed by atoms with E-state index in [1.165, 1.54) is 17.5 Å². The van der Waals surface area contributed by atoms with Crippen molar-refractivity contribution in [2.75, 3.05) is 16.8 Å². The summed E-state index contributed by atoms with van der Waals surface area (Å²) >= 11 is 0. The maximum atomic E-state index is 12.6. The van der Waals surface area contributed by atoms with Gasteiger partial charge in [-0.2, -0.15) is 0 Å². The van der Waals surface area contributed by atoms with Crippen molar-refractivity contribution < 1.29 is 14.1 Å². The molecule has 0 unspecified atom stereocenters. The molecule has 6 heteroatoms. The average molecular weight is 339 g/mol. The number of carbonyl (C=O) groups excluding carboxylic acids is 2. The van der Waals surface area contributed by atoms with Crippen molar-refractivity contribution in [1.82, 2.24) is 5.16 Å². The monoisotopic (exact) mass is 339 g/mol. The van der Waals surface area contributed by atoms with Gasteiger partial charge in [0.1, 0.15) is 11.4 Å². The Morgan fingerprint density at radius 1 is 1.28 bits per heavy atom. The first-order valence-electron chi connectivity index (χ1n) is 8.69. The van der Waals surface area contributed by atoms with Crippen LogP contribution in [0, 0.1) is 19.8 Å². The highest BCUT2D eigenvalue weighted by Crippen LogP contribution is 2.31. The molecule has 1 fully saturated rings. The van der Waals surface area contributed by atoms with Crippen molar-refractivity contribution in [2.45, 2.75) is 39.5 Å². The average Bonchev–Trinajstić information content (AvgIpc) is 3.29. The van der Waals surface area contributed by atoms with Gasteiger partial charge in [0.05, 0.1) is 5.92 Å². The summed E-state index contributed by atoms with van der Waals surface area (Å²) in [4.78, 5) is 26.7. The van der Waals surface area contributed by atoms with E-state index in [4.69, 9.17) is 4.52 Å². The molecule has 4 rings (SSSR count). The van der Waals surface area contributed by atoms with E-state index in [0.717, 1.165) is 18.5 Å². The van der Waals surface area contributed by atoms with Gasteiger partial charge in [0.2, 0.25) is 11.8 Å². The molecule has 1 aliphatic heterocycles. The van der Waals surface area contributed by atoms with Crippen LogP contribution in [0.15, 0.2) is 22.7 Å². The van der Waals surface area contributed by atoms with Gasteiger partial charge >= 0.3 is 0 Å². The first kappa shape index (κ1) is 15.9. The predicted octanol–water partition coefficient (Wildman–Crippen LogP) is 2.77. The summed E-state index contributed by atoms with van der Waals surface area (Å²) in [7, 11) is 0. The summed E-state index contributed by atoms with van der Waals surface area (Å²) in [5, 5.41) is 6.70.